The van der Waals surface area contributed by atoms with Crippen LogP contribution in [-0.2, 0) is 24.3 Å². The van der Waals surface area contributed by atoms with Crippen molar-refractivity contribution < 1.29 is 19.4 Å². The van der Waals surface area contributed by atoms with Gasteiger partial charge in [-0.05, 0) is 41.7 Å². The summed E-state index contributed by atoms with van der Waals surface area (Å²) >= 11 is 6.24. The van der Waals surface area contributed by atoms with E-state index in [1.54, 1.807) is 6.07 Å². The monoisotopic (exact) mass is 430 g/mol. The molecule has 1 saturated heterocycles. The van der Waals surface area contributed by atoms with Crippen molar-refractivity contribution in [2.24, 2.45) is 0 Å². The smallest absolute Gasteiger partial charge is 0.224 e. The third-order valence-corrected chi connectivity index (χ3v) is 5.78. The van der Waals surface area contributed by atoms with Crippen molar-refractivity contribution in [2.45, 2.75) is 38.5 Å². The molecule has 0 unspecified atom stereocenters. The number of rotatable bonds is 6. The fourth-order valence-corrected chi connectivity index (χ4v) is 4.10. The Balaban J connectivity index is 1.26. The SMILES string of the molecule is O=C(Cc1cc(Cl)c2c(c1)OCCO2)NCc1ccc(CN2CCC(O)CC2)cc1. The van der Waals surface area contributed by atoms with E-state index >= 15 is 0 Å². The predicted octanol–water partition coefficient (Wildman–Crippen LogP) is 2.93. The maximum Gasteiger partial charge on any atom is 0.224 e. The number of carbonyl (C=O) groups excluding carboxylic acids is 1. The fourth-order valence-electron chi connectivity index (χ4n) is 3.81. The van der Waals surface area contributed by atoms with Gasteiger partial charge in [0.1, 0.15) is 13.2 Å². The maximum absolute atomic E-state index is 12.4. The lowest BCUT2D eigenvalue weighted by atomic mass is 10.1. The maximum atomic E-state index is 12.4. The zero-order valence-electron chi connectivity index (χ0n) is 16.9. The molecule has 30 heavy (non-hydrogen) atoms. The zero-order chi connectivity index (χ0) is 20.9. The Labute approximate surface area is 181 Å². The molecule has 1 amide bonds. The molecule has 0 aromatic heterocycles. The Morgan fingerprint density at radius 3 is 2.53 bits per heavy atom. The Morgan fingerprint density at radius 2 is 1.77 bits per heavy atom. The summed E-state index contributed by atoms with van der Waals surface area (Å²) in [7, 11) is 0. The quantitative estimate of drug-likeness (QED) is 0.737. The van der Waals surface area contributed by atoms with Gasteiger partial charge in [0.05, 0.1) is 17.5 Å². The van der Waals surface area contributed by atoms with Crippen LogP contribution in [0.3, 0.4) is 0 Å². The molecular formula is C23H27ClN2O4. The van der Waals surface area contributed by atoms with E-state index in [1.165, 1.54) is 5.56 Å². The predicted molar refractivity (Wildman–Crippen MR) is 115 cm³/mol. The number of aliphatic hydroxyl groups is 1. The number of amides is 1. The molecule has 2 aromatic carbocycles. The average molecular weight is 431 g/mol. The van der Waals surface area contributed by atoms with Crippen LogP contribution in [0.15, 0.2) is 36.4 Å². The van der Waals surface area contributed by atoms with E-state index in [4.69, 9.17) is 21.1 Å². The van der Waals surface area contributed by atoms with Crippen LogP contribution in [0, 0.1) is 0 Å². The summed E-state index contributed by atoms with van der Waals surface area (Å²) in [5, 5.41) is 13.0. The first-order valence-electron chi connectivity index (χ1n) is 10.4. The van der Waals surface area contributed by atoms with Crippen molar-refractivity contribution in [1.29, 1.82) is 0 Å². The molecule has 4 rings (SSSR count). The number of fused-ring (bicyclic) bond motifs is 1. The van der Waals surface area contributed by atoms with Crippen LogP contribution in [0.25, 0.3) is 0 Å². The number of carbonyl (C=O) groups is 1. The van der Waals surface area contributed by atoms with Crippen LogP contribution in [0.2, 0.25) is 5.02 Å². The summed E-state index contributed by atoms with van der Waals surface area (Å²) in [6, 6.07) is 11.9. The first-order chi connectivity index (χ1) is 14.6. The van der Waals surface area contributed by atoms with Crippen molar-refractivity contribution in [3.63, 3.8) is 0 Å². The lowest BCUT2D eigenvalue weighted by molar-refractivity contribution is -0.120. The number of piperidine rings is 1. The number of nitrogens with zero attached hydrogens (tertiary/aromatic N) is 1. The number of hydrogen-bond acceptors (Lipinski definition) is 5. The summed E-state index contributed by atoms with van der Waals surface area (Å²) in [6.07, 6.45) is 1.78. The summed E-state index contributed by atoms with van der Waals surface area (Å²) in [6.45, 7) is 4.20. The van der Waals surface area contributed by atoms with Gasteiger partial charge in [-0.3, -0.25) is 9.69 Å². The third kappa shape index (κ3) is 5.45. The van der Waals surface area contributed by atoms with Gasteiger partial charge in [0.15, 0.2) is 11.5 Å². The number of likely N-dealkylation sites (tertiary alicyclic amines) is 1. The van der Waals surface area contributed by atoms with Gasteiger partial charge in [-0.25, -0.2) is 0 Å². The molecular weight excluding hydrogens is 404 g/mol. The number of halogens is 1. The first kappa shape index (κ1) is 21.0. The molecule has 2 aliphatic rings. The van der Waals surface area contributed by atoms with Gasteiger partial charge in [0, 0.05) is 26.2 Å². The molecule has 2 aliphatic heterocycles. The highest BCUT2D eigenvalue weighted by molar-refractivity contribution is 6.32. The molecule has 0 atom stereocenters. The van der Waals surface area contributed by atoms with E-state index in [1.807, 2.05) is 6.07 Å². The lowest BCUT2D eigenvalue weighted by Crippen LogP contribution is -2.35. The summed E-state index contributed by atoms with van der Waals surface area (Å²) in [4.78, 5) is 14.7. The van der Waals surface area contributed by atoms with Gasteiger partial charge >= 0.3 is 0 Å². The van der Waals surface area contributed by atoms with Crippen molar-refractivity contribution in [1.82, 2.24) is 10.2 Å². The van der Waals surface area contributed by atoms with E-state index in [0.717, 1.165) is 43.6 Å². The Hall–Kier alpha value is -2.28. The minimum Gasteiger partial charge on any atom is -0.486 e. The van der Waals surface area contributed by atoms with Crippen LogP contribution in [0.1, 0.15) is 29.5 Å². The molecule has 2 N–H and O–H groups in total. The Kier molecular flexibility index (Phi) is 6.77. The topological polar surface area (TPSA) is 71.0 Å². The number of hydrogen-bond donors (Lipinski definition) is 2. The van der Waals surface area contributed by atoms with Gasteiger partial charge in [0.25, 0.3) is 0 Å². The second-order valence-corrected chi connectivity index (χ2v) is 8.29. The summed E-state index contributed by atoms with van der Waals surface area (Å²) in [5.41, 5.74) is 3.09. The second kappa shape index (κ2) is 9.69. The molecule has 7 heteroatoms. The molecule has 0 saturated carbocycles. The normalized spacial score (nSPS) is 17.0. The van der Waals surface area contributed by atoms with Crippen LogP contribution in [0.5, 0.6) is 11.5 Å². The second-order valence-electron chi connectivity index (χ2n) is 7.88. The van der Waals surface area contributed by atoms with Crippen molar-refractivity contribution in [3.05, 3.63) is 58.1 Å². The number of nitrogens with one attached hydrogen (secondary N) is 1. The summed E-state index contributed by atoms with van der Waals surface area (Å²) < 4.78 is 11.1. The standard InChI is InChI=1S/C23H27ClN2O4/c24-20-11-18(12-21-23(20)30-10-9-29-21)13-22(28)25-14-16-1-3-17(4-2-16)15-26-7-5-19(27)6-8-26/h1-4,11-12,19,27H,5-10,13-15H2,(H,25,28). The largest absolute Gasteiger partial charge is 0.486 e. The minimum absolute atomic E-state index is 0.0707. The van der Waals surface area contributed by atoms with Crippen molar-refractivity contribution in [3.8, 4) is 11.5 Å². The third-order valence-electron chi connectivity index (χ3n) is 5.50. The summed E-state index contributed by atoms with van der Waals surface area (Å²) in [5.74, 6) is 1.07. The van der Waals surface area contributed by atoms with Gasteiger partial charge in [-0.1, -0.05) is 35.9 Å². The van der Waals surface area contributed by atoms with Gasteiger partial charge in [-0.15, -0.1) is 0 Å². The van der Waals surface area contributed by atoms with Crippen molar-refractivity contribution >= 4 is 17.5 Å². The first-order valence-corrected chi connectivity index (χ1v) is 10.8. The van der Waals surface area contributed by atoms with Crippen LogP contribution >= 0.6 is 11.6 Å². The minimum atomic E-state index is -0.148. The lowest BCUT2D eigenvalue weighted by Gasteiger charge is -2.29. The highest BCUT2D eigenvalue weighted by Gasteiger charge is 2.18. The molecule has 0 radical (unpaired) electrons. The number of benzene rings is 2. The molecule has 1 fully saturated rings. The van der Waals surface area contributed by atoms with Crippen LogP contribution < -0.4 is 14.8 Å². The zero-order valence-corrected chi connectivity index (χ0v) is 17.7. The highest BCUT2D eigenvalue weighted by Crippen LogP contribution is 2.38. The van der Waals surface area contributed by atoms with Crippen LogP contribution in [-0.4, -0.2) is 48.3 Å². The van der Waals surface area contributed by atoms with Crippen molar-refractivity contribution in [2.75, 3.05) is 26.3 Å². The van der Waals surface area contributed by atoms with E-state index in [-0.39, 0.29) is 18.4 Å². The average Bonchev–Trinajstić information content (AvgIpc) is 2.75. The number of aliphatic hydroxyl groups excluding tert-OH is 1. The molecule has 2 aromatic rings. The molecule has 6 nitrogen and oxygen atoms in total. The Morgan fingerprint density at radius 1 is 1.07 bits per heavy atom. The van der Waals surface area contributed by atoms with Gasteiger partial charge in [0.2, 0.25) is 5.91 Å². The molecule has 160 valence electrons. The fraction of sp³-hybridized carbons (Fsp3) is 0.435. The van der Waals surface area contributed by atoms with E-state index < -0.39 is 0 Å². The van der Waals surface area contributed by atoms with Gasteiger partial charge in [-0.2, -0.15) is 0 Å². The Bertz CT molecular complexity index is 880. The highest BCUT2D eigenvalue weighted by atomic mass is 35.5. The van der Waals surface area contributed by atoms with E-state index in [2.05, 4.69) is 34.5 Å². The van der Waals surface area contributed by atoms with Gasteiger partial charge < -0.3 is 19.9 Å². The molecule has 0 bridgehead atoms. The molecule has 0 spiro atoms. The van der Waals surface area contributed by atoms with Crippen LogP contribution in [0.4, 0.5) is 0 Å². The molecule has 0 aliphatic carbocycles. The number of ether oxygens (including phenoxy) is 2. The van der Waals surface area contributed by atoms with E-state index in [9.17, 15) is 9.90 Å². The van der Waals surface area contributed by atoms with E-state index in [0.29, 0.717) is 36.3 Å². The molecule has 2 heterocycles.